The first-order valence-corrected chi connectivity index (χ1v) is 4.92. The number of allylic oxidation sites excluding steroid dienone is 2. The van der Waals surface area contributed by atoms with Crippen LogP contribution in [0, 0.1) is 0 Å². The van der Waals surface area contributed by atoms with Crippen LogP contribution in [0.15, 0.2) is 12.2 Å². The van der Waals surface area contributed by atoms with Gasteiger partial charge in [-0.05, 0) is 12.2 Å². The minimum Gasteiger partial charge on any atom is -0.286 e. The zero-order chi connectivity index (χ0) is 6.62. The maximum absolute atomic E-state index is 9.63. The van der Waals surface area contributed by atoms with E-state index in [1.807, 2.05) is 0 Å². The fourth-order valence-electron chi connectivity index (χ4n) is 0.129. The molecule has 0 rings (SSSR count). The fraction of sp³-hybridized carbons (Fsp3) is 0.250. The number of rotatable bonds is 2. The van der Waals surface area contributed by atoms with Crippen molar-refractivity contribution in [2.45, 2.75) is -0.565 Å². The van der Waals surface area contributed by atoms with Gasteiger partial charge >= 0.3 is 0 Å². The van der Waals surface area contributed by atoms with Gasteiger partial charge in [0.2, 0.25) is 6.29 Å². The Morgan fingerprint density at radius 1 is 1.38 bits per heavy atom. The lowest BCUT2D eigenvalue weighted by Crippen LogP contribution is -1.89. The van der Waals surface area contributed by atoms with E-state index in [1.54, 1.807) is 12.4 Å². The van der Waals surface area contributed by atoms with E-state index in [2.05, 4.69) is 67.8 Å². The van der Waals surface area contributed by atoms with Crippen molar-refractivity contribution < 1.29 is 4.79 Å². The van der Waals surface area contributed by atoms with Gasteiger partial charge in [0.1, 0.15) is -0.565 Å². The normalized spacial score (nSPS) is 12.4. The molecule has 1 nitrogen and oxygen atoms in total. The van der Waals surface area contributed by atoms with Gasteiger partial charge in [0.15, 0.2) is 0 Å². The Labute approximate surface area is 89.1 Å². The highest BCUT2D eigenvalue weighted by Gasteiger charge is 2.10. The molecule has 0 heterocycles. The number of alkyl halides is 3. The maximum Gasteiger partial charge on any atom is 0.225 e. The molecule has 0 aromatic rings. The van der Waals surface area contributed by atoms with Crippen LogP contribution in [-0.4, -0.2) is 5.72 Å². The SMILES string of the molecule is O=[C]C=CC(I)(I)I. The van der Waals surface area contributed by atoms with Crippen LogP contribution in [-0.2, 0) is 4.79 Å². The maximum atomic E-state index is 9.63. The third kappa shape index (κ3) is 7.60. The highest BCUT2D eigenvalue weighted by Crippen LogP contribution is 2.36. The van der Waals surface area contributed by atoms with E-state index < -0.39 is 0 Å². The lowest BCUT2D eigenvalue weighted by molar-refractivity contribution is 0.564. The molecular formula is C4H2I3O. The predicted molar refractivity (Wildman–Crippen MR) is 59.6 cm³/mol. The molecule has 0 bridgehead atoms. The van der Waals surface area contributed by atoms with Gasteiger partial charge in [-0.2, -0.15) is 0 Å². The minimum absolute atomic E-state index is 0.0185. The van der Waals surface area contributed by atoms with Crippen LogP contribution in [0.1, 0.15) is 0 Å². The van der Waals surface area contributed by atoms with Crippen molar-refractivity contribution in [3.8, 4) is 0 Å². The molecule has 45 valence electrons. The Morgan fingerprint density at radius 3 is 2.00 bits per heavy atom. The molecule has 0 saturated heterocycles. The van der Waals surface area contributed by atoms with E-state index in [-0.39, 0.29) is -0.565 Å². The molecule has 4 heteroatoms. The highest BCUT2D eigenvalue weighted by molar-refractivity contribution is 14.3. The monoisotopic (exact) mass is 447 g/mol. The van der Waals surface area contributed by atoms with E-state index in [0.29, 0.717) is 0 Å². The smallest absolute Gasteiger partial charge is 0.225 e. The van der Waals surface area contributed by atoms with Crippen LogP contribution in [0.25, 0.3) is 0 Å². The minimum atomic E-state index is 0.0185. The molecule has 0 aliphatic rings. The van der Waals surface area contributed by atoms with Crippen molar-refractivity contribution >= 4 is 74.1 Å². The summed E-state index contributed by atoms with van der Waals surface area (Å²) in [7, 11) is 0. The molecule has 0 fully saturated rings. The lowest BCUT2D eigenvalue weighted by Gasteiger charge is -2.01. The number of hydrogen-bond acceptors (Lipinski definition) is 1. The summed E-state index contributed by atoms with van der Waals surface area (Å²) in [5.41, 5.74) is 0. The Kier molecular flexibility index (Phi) is 5.31. The van der Waals surface area contributed by atoms with Gasteiger partial charge < -0.3 is 0 Å². The second kappa shape index (κ2) is 4.42. The molecule has 0 saturated carbocycles. The molecule has 0 atom stereocenters. The van der Waals surface area contributed by atoms with Crippen LogP contribution in [0.5, 0.6) is 0 Å². The summed E-state index contributed by atoms with van der Waals surface area (Å²) in [5, 5.41) is 0. The third-order valence-electron chi connectivity index (χ3n) is 0.340. The second-order valence-electron chi connectivity index (χ2n) is 0.993. The summed E-state index contributed by atoms with van der Waals surface area (Å²) < 4.78 is 0.0185. The molecule has 0 unspecified atom stereocenters. The van der Waals surface area contributed by atoms with Gasteiger partial charge in [0.05, 0.1) is 0 Å². The van der Waals surface area contributed by atoms with Crippen LogP contribution in [0.3, 0.4) is 0 Å². The summed E-state index contributed by atoms with van der Waals surface area (Å²) >= 11 is 6.62. The lowest BCUT2D eigenvalue weighted by atomic mass is 10.6. The summed E-state index contributed by atoms with van der Waals surface area (Å²) in [6.45, 7) is 0. The molecular weight excluding hydrogens is 445 g/mol. The number of hydrogen-bond donors (Lipinski definition) is 0. The van der Waals surface area contributed by atoms with Crippen molar-refractivity contribution in [1.82, 2.24) is 0 Å². The quantitative estimate of drug-likeness (QED) is 0.362. The molecule has 0 aromatic heterocycles. The van der Waals surface area contributed by atoms with Crippen molar-refractivity contribution in [2.75, 3.05) is 0 Å². The van der Waals surface area contributed by atoms with E-state index in [9.17, 15) is 4.79 Å². The first-order valence-electron chi connectivity index (χ1n) is 1.68. The standard InChI is InChI=1S/C4H2I3O/c5-4(6,7)2-1-3-8/h1-2H. The van der Waals surface area contributed by atoms with Gasteiger partial charge in [-0.3, -0.25) is 4.79 Å². The van der Waals surface area contributed by atoms with Crippen molar-refractivity contribution in [1.29, 1.82) is 0 Å². The third-order valence-corrected chi connectivity index (χ3v) is 1.42. The zero-order valence-corrected chi connectivity index (χ0v) is 10.2. The van der Waals surface area contributed by atoms with Gasteiger partial charge in [-0.25, -0.2) is 0 Å². The fourth-order valence-corrected chi connectivity index (χ4v) is 0.668. The van der Waals surface area contributed by atoms with Crippen LogP contribution in [0.2, 0.25) is 0 Å². The predicted octanol–water partition coefficient (Wildman–Crippen LogP) is 2.61. The second-order valence-corrected chi connectivity index (χ2v) is 12.3. The average Bonchev–Trinajstić information content (AvgIpc) is 1.59. The average molecular weight is 447 g/mol. The van der Waals surface area contributed by atoms with Gasteiger partial charge in [-0.1, -0.05) is 67.8 Å². The van der Waals surface area contributed by atoms with Crippen molar-refractivity contribution in [3.05, 3.63) is 12.2 Å². The zero-order valence-electron chi connectivity index (χ0n) is 3.70. The summed E-state index contributed by atoms with van der Waals surface area (Å²) in [6.07, 6.45) is 4.84. The highest BCUT2D eigenvalue weighted by atomic mass is 127. The Bertz CT molecular complexity index is 102. The molecule has 8 heavy (non-hydrogen) atoms. The van der Waals surface area contributed by atoms with Crippen LogP contribution < -0.4 is 0 Å². The first kappa shape index (κ1) is 9.60. The molecule has 1 radical (unpaired) electrons. The Balaban J connectivity index is 3.69. The molecule has 0 aromatic carbocycles. The van der Waals surface area contributed by atoms with Gasteiger partial charge in [0.25, 0.3) is 0 Å². The van der Waals surface area contributed by atoms with Gasteiger partial charge in [0, 0.05) is 0 Å². The van der Waals surface area contributed by atoms with E-state index in [0.717, 1.165) is 0 Å². The van der Waals surface area contributed by atoms with E-state index >= 15 is 0 Å². The summed E-state index contributed by atoms with van der Waals surface area (Å²) in [5.74, 6) is 0. The van der Waals surface area contributed by atoms with Gasteiger partial charge in [-0.15, -0.1) is 0 Å². The molecule has 0 aliphatic carbocycles. The molecule has 0 aliphatic heterocycles. The largest absolute Gasteiger partial charge is 0.286 e. The molecule has 0 amide bonds. The molecule has 0 N–H and O–H groups in total. The summed E-state index contributed by atoms with van der Waals surface area (Å²) in [4.78, 5) is 9.63. The van der Waals surface area contributed by atoms with E-state index in [4.69, 9.17) is 0 Å². The first-order chi connectivity index (χ1) is 3.56. The number of carbonyl (C=O) groups excluding carboxylic acids is 1. The van der Waals surface area contributed by atoms with E-state index in [1.165, 1.54) is 6.08 Å². The molecule has 0 spiro atoms. The Hall–Kier alpha value is 1.60. The van der Waals surface area contributed by atoms with Crippen molar-refractivity contribution in [3.63, 3.8) is 0 Å². The topological polar surface area (TPSA) is 17.1 Å². The number of halogens is 3. The van der Waals surface area contributed by atoms with Crippen LogP contribution >= 0.6 is 67.8 Å². The summed E-state index contributed by atoms with van der Waals surface area (Å²) in [6, 6.07) is 0. The van der Waals surface area contributed by atoms with Crippen LogP contribution in [0.4, 0.5) is 0 Å². The van der Waals surface area contributed by atoms with Crippen molar-refractivity contribution in [2.24, 2.45) is 0 Å². The Morgan fingerprint density at radius 2 is 1.88 bits per heavy atom.